The lowest BCUT2D eigenvalue weighted by molar-refractivity contribution is 0.316. The first-order chi connectivity index (χ1) is 5.21. The fourth-order valence-electron chi connectivity index (χ4n) is 1.17. The maximum atomic E-state index is 13.2. The van der Waals surface area contributed by atoms with Gasteiger partial charge in [0.1, 0.15) is 11.5 Å². The predicted octanol–water partition coefficient (Wildman–Crippen LogP) is 2.78. The summed E-state index contributed by atoms with van der Waals surface area (Å²) in [7, 11) is 0. The van der Waals surface area contributed by atoms with Gasteiger partial charge in [0, 0.05) is 0 Å². The summed E-state index contributed by atoms with van der Waals surface area (Å²) in [5, 5.41) is 0. The van der Waals surface area contributed by atoms with Gasteiger partial charge in [0.25, 0.3) is 0 Å². The second-order valence-electron chi connectivity index (χ2n) is 2.98. The summed E-state index contributed by atoms with van der Waals surface area (Å²) >= 11 is 0. The van der Waals surface area contributed by atoms with Crippen LogP contribution in [0, 0.1) is 5.82 Å². The van der Waals surface area contributed by atoms with Crippen molar-refractivity contribution in [1.82, 2.24) is 0 Å². The van der Waals surface area contributed by atoms with Crippen LogP contribution in [-0.2, 0) is 5.67 Å². The van der Waals surface area contributed by atoms with E-state index in [1.807, 2.05) is 0 Å². The van der Waals surface area contributed by atoms with Crippen molar-refractivity contribution in [3.05, 3.63) is 35.6 Å². The molecule has 1 fully saturated rings. The molecule has 0 nitrogen and oxygen atoms in total. The number of hydrogen-bond donors (Lipinski definition) is 0. The smallest absolute Gasteiger partial charge is 0.136 e. The molecule has 1 aliphatic rings. The lowest BCUT2D eigenvalue weighted by Crippen LogP contribution is -1.96. The Morgan fingerprint density at radius 2 is 2.00 bits per heavy atom. The van der Waals surface area contributed by atoms with Crippen LogP contribution in [0.5, 0.6) is 0 Å². The van der Waals surface area contributed by atoms with Crippen LogP contribution < -0.4 is 0 Å². The molecule has 0 amide bonds. The Hall–Kier alpha value is -0.920. The Morgan fingerprint density at radius 3 is 2.55 bits per heavy atom. The van der Waals surface area contributed by atoms with Crippen molar-refractivity contribution in [1.29, 1.82) is 0 Å². The molecule has 0 N–H and O–H groups in total. The molecule has 0 radical (unpaired) electrons. The molecule has 0 saturated heterocycles. The van der Waals surface area contributed by atoms with Crippen molar-refractivity contribution in [2.75, 3.05) is 0 Å². The van der Waals surface area contributed by atoms with Gasteiger partial charge in [-0.25, -0.2) is 8.78 Å². The van der Waals surface area contributed by atoms with Crippen LogP contribution in [0.25, 0.3) is 0 Å². The number of halogens is 2. The third-order valence-corrected chi connectivity index (χ3v) is 2.03. The van der Waals surface area contributed by atoms with Gasteiger partial charge >= 0.3 is 0 Å². The van der Waals surface area contributed by atoms with Crippen LogP contribution >= 0.6 is 0 Å². The van der Waals surface area contributed by atoms with E-state index in [4.69, 9.17) is 0 Å². The summed E-state index contributed by atoms with van der Waals surface area (Å²) in [5.41, 5.74) is -0.722. The van der Waals surface area contributed by atoms with Gasteiger partial charge in [-0.05, 0) is 30.5 Å². The first-order valence-corrected chi connectivity index (χ1v) is 3.66. The van der Waals surface area contributed by atoms with Gasteiger partial charge in [-0.3, -0.25) is 0 Å². The second kappa shape index (κ2) is 2.03. The van der Waals surface area contributed by atoms with Crippen molar-refractivity contribution in [2.24, 2.45) is 0 Å². The zero-order valence-electron chi connectivity index (χ0n) is 5.98. The van der Waals surface area contributed by atoms with Gasteiger partial charge in [-0.2, -0.15) is 0 Å². The minimum atomic E-state index is -1.21. The number of rotatable bonds is 1. The highest BCUT2D eigenvalue weighted by atomic mass is 19.1. The van der Waals surface area contributed by atoms with E-state index in [-0.39, 0.29) is 5.82 Å². The van der Waals surface area contributed by atoms with Gasteiger partial charge < -0.3 is 0 Å². The van der Waals surface area contributed by atoms with Crippen LogP contribution in [0.4, 0.5) is 8.78 Å². The molecule has 0 heterocycles. The minimum absolute atomic E-state index is 0.355. The van der Waals surface area contributed by atoms with Gasteiger partial charge in [0.05, 0.1) is 0 Å². The van der Waals surface area contributed by atoms with Gasteiger partial charge in [-0.1, -0.05) is 12.1 Å². The molecule has 0 atom stereocenters. The van der Waals surface area contributed by atoms with Crippen molar-refractivity contribution in [3.8, 4) is 0 Å². The van der Waals surface area contributed by atoms with E-state index in [1.54, 1.807) is 12.1 Å². The van der Waals surface area contributed by atoms with E-state index >= 15 is 0 Å². The van der Waals surface area contributed by atoms with E-state index in [1.165, 1.54) is 12.1 Å². The number of benzene rings is 1. The van der Waals surface area contributed by atoms with Crippen molar-refractivity contribution in [3.63, 3.8) is 0 Å². The first kappa shape index (κ1) is 6.77. The molecule has 1 aliphatic carbocycles. The molecule has 0 unspecified atom stereocenters. The monoisotopic (exact) mass is 154 g/mol. The lowest BCUT2D eigenvalue weighted by Gasteiger charge is -2.03. The molecular formula is C9H8F2. The highest BCUT2D eigenvalue weighted by Crippen LogP contribution is 2.49. The second-order valence-corrected chi connectivity index (χ2v) is 2.98. The minimum Gasteiger partial charge on any atom is -0.239 e. The molecule has 1 aromatic carbocycles. The van der Waals surface area contributed by atoms with E-state index < -0.39 is 5.67 Å². The predicted molar refractivity (Wildman–Crippen MR) is 38.4 cm³/mol. The Kier molecular flexibility index (Phi) is 1.25. The lowest BCUT2D eigenvalue weighted by atomic mass is 10.1. The average Bonchev–Trinajstić information content (AvgIpc) is 2.70. The molecule has 1 saturated carbocycles. The summed E-state index contributed by atoms with van der Waals surface area (Å²) in [5.74, 6) is -0.355. The fourth-order valence-corrected chi connectivity index (χ4v) is 1.17. The first-order valence-electron chi connectivity index (χ1n) is 3.66. The average molecular weight is 154 g/mol. The van der Waals surface area contributed by atoms with Crippen LogP contribution in [0.3, 0.4) is 0 Å². The largest absolute Gasteiger partial charge is 0.239 e. The Labute approximate surface area is 63.9 Å². The standard InChI is InChI=1S/C9H8F2/c10-8-3-1-2-7(6-8)9(11)4-5-9/h1-3,6H,4-5H2. The van der Waals surface area contributed by atoms with E-state index in [2.05, 4.69) is 0 Å². The summed E-state index contributed by atoms with van der Waals surface area (Å²) < 4.78 is 25.8. The van der Waals surface area contributed by atoms with Gasteiger partial charge in [-0.15, -0.1) is 0 Å². The SMILES string of the molecule is Fc1cccc(C2(F)CC2)c1. The normalized spacial score (nSPS) is 19.8. The summed E-state index contributed by atoms with van der Waals surface area (Å²) in [6, 6.07) is 5.78. The van der Waals surface area contributed by atoms with Crippen LogP contribution in [0.2, 0.25) is 0 Å². The quantitative estimate of drug-likeness (QED) is 0.583. The van der Waals surface area contributed by atoms with Crippen LogP contribution in [0.1, 0.15) is 18.4 Å². The fraction of sp³-hybridized carbons (Fsp3) is 0.333. The summed E-state index contributed by atoms with van der Waals surface area (Å²) in [6.07, 6.45) is 1.08. The molecule has 0 spiro atoms. The van der Waals surface area contributed by atoms with Crippen molar-refractivity contribution >= 4 is 0 Å². The molecule has 2 heteroatoms. The van der Waals surface area contributed by atoms with Crippen molar-refractivity contribution < 1.29 is 8.78 Å². The maximum Gasteiger partial charge on any atom is 0.136 e. The number of alkyl halides is 1. The molecule has 1 aromatic rings. The van der Waals surface area contributed by atoms with Crippen LogP contribution in [-0.4, -0.2) is 0 Å². The Morgan fingerprint density at radius 1 is 1.27 bits per heavy atom. The van der Waals surface area contributed by atoms with E-state index in [0.29, 0.717) is 18.4 Å². The summed E-state index contributed by atoms with van der Waals surface area (Å²) in [6.45, 7) is 0. The third kappa shape index (κ3) is 1.13. The highest BCUT2D eigenvalue weighted by molar-refractivity contribution is 5.27. The summed E-state index contributed by atoms with van der Waals surface area (Å²) in [4.78, 5) is 0. The molecule has 58 valence electrons. The third-order valence-electron chi connectivity index (χ3n) is 2.03. The van der Waals surface area contributed by atoms with Gasteiger partial charge in [0.15, 0.2) is 0 Å². The van der Waals surface area contributed by atoms with Gasteiger partial charge in [0.2, 0.25) is 0 Å². The molecule has 11 heavy (non-hydrogen) atoms. The molecule has 2 rings (SSSR count). The highest BCUT2D eigenvalue weighted by Gasteiger charge is 2.44. The van der Waals surface area contributed by atoms with Crippen LogP contribution in [0.15, 0.2) is 24.3 Å². The number of hydrogen-bond acceptors (Lipinski definition) is 0. The topological polar surface area (TPSA) is 0 Å². The Bertz CT molecular complexity index is 277. The van der Waals surface area contributed by atoms with Crippen molar-refractivity contribution in [2.45, 2.75) is 18.5 Å². The Balaban J connectivity index is 2.38. The van der Waals surface area contributed by atoms with E-state index in [0.717, 1.165) is 0 Å². The molecule has 0 aromatic heterocycles. The molecule has 0 bridgehead atoms. The maximum absolute atomic E-state index is 13.2. The zero-order valence-corrected chi connectivity index (χ0v) is 5.98. The zero-order chi connectivity index (χ0) is 7.90. The van der Waals surface area contributed by atoms with E-state index in [9.17, 15) is 8.78 Å². The molecular weight excluding hydrogens is 146 g/mol. The molecule has 0 aliphatic heterocycles.